The Morgan fingerprint density at radius 2 is 1.83 bits per heavy atom. The second-order valence-corrected chi connectivity index (χ2v) is 5.67. The highest BCUT2D eigenvalue weighted by Crippen LogP contribution is 2.24. The number of nitrogens with one attached hydrogen (secondary N) is 1. The van der Waals surface area contributed by atoms with E-state index in [0.29, 0.717) is 12.0 Å². The Morgan fingerprint density at radius 1 is 1.21 bits per heavy atom. The molecule has 0 saturated heterocycles. The van der Waals surface area contributed by atoms with Crippen LogP contribution in [-0.4, -0.2) is 5.91 Å². The quantitative estimate of drug-likeness (QED) is 0.857. The van der Waals surface area contributed by atoms with E-state index in [0.717, 1.165) is 6.07 Å². The fourth-order valence-corrected chi connectivity index (χ4v) is 2.41. The maximum atomic E-state index is 13.9. The first-order valence-corrected chi connectivity index (χ1v) is 7.46. The molecule has 1 amide bonds. The molecule has 0 fully saturated rings. The minimum Gasteiger partial charge on any atom is -0.347 e. The van der Waals surface area contributed by atoms with E-state index in [4.69, 9.17) is 5.73 Å². The summed E-state index contributed by atoms with van der Waals surface area (Å²) in [6.45, 7) is 3.41. The van der Waals surface area contributed by atoms with E-state index < -0.39 is 29.1 Å². The Labute approximate surface area is 146 Å². The molecule has 2 aromatic rings. The summed E-state index contributed by atoms with van der Waals surface area (Å²) in [5.74, 6) is -1.75. The Kier molecular flexibility index (Phi) is 6.87. The van der Waals surface area contributed by atoms with E-state index in [9.17, 15) is 13.6 Å². The molecular formula is C18H21ClF2N2O. The summed E-state index contributed by atoms with van der Waals surface area (Å²) in [5, 5.41) is 2.76. The summed E-state index contributed by atoms with van der Waals surface area (Å²) in [6, 6.07) is 11.7. The van der Waals surface area contributed by atoms with Crippen LogP contribution in [0, 0.1) is 11.6 Å². The number of carbonyl (C=O) groups excluding carboxylic acids is 1. The normalized spacial score (nSPS) is 14.2. The van der Waals surface area contributed by atoms with Crippen LogP contribution in [0.5, 0.6) is 0 Å². The molecule has 6 heteroatoms. The zero-order valence-corrected chi connectivity index (χ0v) is 14.4. The summed E-state index contributed by atoms with van der Waals surface area (Å²) < 4.78 is 27.0. The molecule has 2 unspecified atom stereocenters. The van der Waals surface area contributed by atoms with Crippen LogP contribution in [0.25, 0.3) is 0 Å². The molecule has 3 nitrogen and oxygen atoms in total. The molecule has 0 saturated carbocycles. The van der Waals surface area contributed by atoms with Gasteiger partial charge >= 0.3 is 0 Å². The van der Waals surface area contributed by atoms with Gasteiger partial charge < -0.3 is 11.1 Å². The molecule has 0 aliphatic heterocycles. The van der Waals surface area contributed by atoms with E-state index in [1.807, 2.05) is 13.0 Å². The molecule has 24 heavy (non-hydrogen) atoms. The zero-order valence-electron chi connectivity index (χ0n) is 13.6. The highest BCUT2D eigenvalue weighted by atomic mass is 35.5. The van der Waals surface area contributed by atoms with Crippen molar-refractivity contribution < 1.29 is 13.6 Å². The molecule has 0 heterocycles. The maximum absolute atomic E-state index is 13.9. The van der Waals surface area contributed by atoms with Crippen LogP contribution >= 0.6 is 12.4 Å². The molecule has 0 aliphatic carbocycles. The first kappa shape index (κ1) is 20.1. The van der Waals surface area contributed by atoms with Gasteiger partial charge in [-0.05, 0) is 25.0 Å². The summed E-state index contributed by atoms with van der Waals surface area (Å²) in [6.07, 6.45) is 0.458. The predicted octanol–water partition coefficient (Wildman–Crippen LogP) is 3.83. The first-order valence-electron chi connectivity index (χ1n) is 7.46. The third kappa shape index (κ3) is 4.30. The van der Waals surface area contributed by atoms with Gasteiger partial charge in [0.2, 0.25) is 5.91 Å². The van der Waals surface area contributed by atoms with Gasteiger partial charge in [0, 0.05) is 11.6 Å². The minimum absolute atomic E-state index is 0. The molecule has 0 bridgehead atoms. The number of hydrogen-bond donors (Lipinski definition) is 2. The van der Waals surface area contributed by atoms with Gasteiger partial charge in [-0.15, -0.1) is 12.4 Å². The van der Waals surface area contributed by atoms with E-state index >= 15 is 0 Å². The van der Waals surface area contributed by atoms with Crippen LogP contribution in [0.1, 0.15) is 37.4 Å². The van der Waals surface area contributed by atoms with Crippen molar-refractivity contribution in [2.24, 2.45) is 5.73 Å². The zero-order chi connectivity index (χ0) is 17.0. The lowest BCUT2D eigenvalue weighted by Crippen LogP contribution is -2.50. The van der Waals surface area contributed by atoms with Crippen LogP contribution in [0.2, 0.25) is 0 Å². The molecule has 0 radical (unpaired) electrons. The molecule has 0 spiro atoms. The number of nitrogens with two attached hydrogens (primary N) is 1. The van der Waals surface area contributed by atoms with Crippen molar-refractivity contribution in [2.75, 3.05) is 0 Å². The van der Waals surface area contributed by atoms with E-state index in [-0.39, 0.29) is 18.0 Å². The molecule has 3 N–H and O–H groups in total. The van der Waals surface area contributed by atoms with Crippen LogP contribution in [0.3, 0.4) is 0 Å². The SMILES string of the molecule is CCC(NC(=O)C(C)(N)c1ccccc1)c1ccc(F)cc1F.Cl. The minimum atomic E-state index is -1.24. The van der Waals surface area contributed by atoms with Crippen molar-refractivity contribution in [1.29, 1.82) is 0 Å². The van der Waals surface area contributed by atoms with Gasteiger partial charge in [0.1, 0.15) is 17.2 Å². The van der Waals surface area contributed by atoms with Crippen molar-refractivity contribution in [3.63, 3.8) is 0 Å². The highest BCUT2D eigenvalue weighted by molar-refractivity contribution is 5.87. The van der Waals surface area contributed by atoms with E-state index in [1.54, 1.807) is 31.2 Å². The standard InChI is InChI=1S/C18H20F2N2O.ClH/c1-3-16(14-10-9-13(19)11-15(14)20)22-17(23)18(2,21)12-7-5-4-6-8-12;/h4-11,16H,3,21H2,1-2H3,(H,22,23);1H. The summed E-state index contributed by atoms with van der Waals surface area (Å²) in [7, 11) is 0. The topological polar surface area (TPSA) is 55.1 Å². The van der Waals surface area contributed by atoms with Crippen molar-refractivity contribution in [2.45, 2.75) is 31.8 Å². The molecule has 2 rings (SSSR count). The lowest BCUT2D eigenvalue weighted by atomic mass is 9.91. The molecule has 130 valence electrons. The number of carbonyl (C=O) groups is 1. The number of hydrogen-bond acceptors (Lipinski definition) is 2. The van der Waals surface area contributed by atoms with Crippen molar-refractivity contribution in [3.05, 3.63) is 71.3 Å². The number of halogens is 3. The fraction of sp³-hybridized carbons (Fsp3) is 0.278. The van der Waals surface area contributed by atoms with Crippen LogP contribution in [0.4, 0.5) is 8.78 Å². The third-order valence-corrected chi connectivity index (χ3v) is 3.90. The number of amides is 1. The average Bonchev–Trinajstić information content (AvgIpc) is 2.53. The Morgan fingerprint density at radius 3 is 2.38 bits per heavy atom. The predicted molar refractivity (Wildman–Crippen MR) is 92.8 cm³/mol. The van der Waals surface area contributed by atoms with Gasteiger partial charge in [-0.3, -0.25) is 4.79 Å². The van der Waals surface area contributed by atoms with Crippen molar-refractivity contribution >= 4 is 18.3 Å². The van der Waals surface area contributed by atoms with Crippen LogP contribution in [-0.2, 0) is 10.3 Å². The lowest BCUT2D eigenvalue weighted by Gasteiger charge is -2.27. The smallest absolute Gasteiger partial charge is 0.244 e. The van der Waals surface area contributed by atoms with Gasteiger partial charge in [-0.25, -0.2) is 8.78 Å². The maximum Gasteiger partial charge on any atom is 0.244 e. The van der Waals surface area contributed by atoms with Gasteiger partial charge in [0.15, 0.2) is 0 Å². The summed E-state index contributed by atoms with van der Waals surface area (Å²) >= 11 is 0. The Bertz CT molecular complexity index is 693. The Hall–Kier alpha value is -1.98. The second-order valence-electron chi connectivity index (χ2n) is 5.67. The number of benzene rings is 2. The fourth-order valence-electron chi connectivity index (χ4n) is 2.41. The molecule has 0 aliphatic rings. The van der Waals surface area contributed by atoms with Crippen LogP contribution in [0.15, 0.2) is 48.5 Å². The van der Waals surface area contributed by atoms with Crippen LogP contribution < -0.4 is 11.1 Å². The number of rotatable bonds is 5. The van der Waals surface area contributed by atoms with Gasteiger partial charge in [0.05, 0.1) is 6.04 Å². The molecule has 2 atom stereocenters. The van der Waals surface area contributed by atoms with E-state index in [2.05, 4.69) is 5.32 Å². The van der Waals surface area contributed by atoms with Gasteiger partial charge in [-0.1, -0.05) is 43.3 Å². The Balaban J connectivity index is 0.00000288. The monoisotopic (exact) mass is 354 g/mol. The second kappa shape index (κ2) is 8.22. The molecular weight excluding hydrogens is 334 g/mol. The molecule has 0 aromatic heterocycles. The van der Waals surface area contributed by atoms with Crippen molar-refractivity contribution in [3.8, 4) is 0 Å². The van der Waals surface area contributed by atoms with E-state index in [1.165, 1.54) is 12.1 Å². The highest BCUT2D eigenvalue weighted by Gasteiger charge is 2.32. The average molecular weight is 355 g/mol. The summed E-state index contributed by atoms with van der Waals surface area (Å²) in [5.41, 5.74) is 5.82. The first-order chi connectivity index (χ1) is 10.9. The lowest BCUT2D eigenvalue weighted by molar-refractivity contribution is -0.126. The largest absolute Gasteiger partial charge is 0.347 e. The van der Waals surface area contributed by atoms with Gasteiger partial charge in [0.25, 0.3) is 0 Å². The third-order valence-electron chi connectivity index (χ3n) is 3.90. The molecule has 2 aromatic carbocycles. The van der Waals surface area contributed by atoms with Gasteiger partial charge in [-0.2, -0.15) is 0 Å². The summed E-state index contributed by atoms with van der Waals surface area (Å²) in [4.78, 5) is 12.6. The van der Waals surface area contributed by atoms with Crippen molar-refractivity contribution in [1.82, 2.24) is 5.32 Å².